The van der Waals surface area contributed by atoms with Crippen LogP contribution in [0.25, 0.3) is 0 Å². The van der Waals surface area contributed by atoms with Crippen molar-refractivity contribution in [2.75, 3.05) is 0 Å². The van der Waals surface area contributed by atoms with Crippen LogP contribution in [-0.4, -0.2) is 0 Å². The second kappa shape index (κ2) is 11.7. The molecule has 0 unspecified atom stereocenters. The second-order valence-corrected chi connectivity index (χ2v) is 20.9. The molecule has 2 aromatic carbocycles. The Hall–Kier alpha value is -1.56. The van der Waals surface area contributed by atoms with Crippen molar-refractivity contribution >= 4 is 0 Å². The molecule has 0 saturated heterocycles. The number of rotatable bonds is 4. The Morgan fingerprint density at radius 2 is 0.628 bits per heavy atom. The Morgan fingerprint density at radius 3 is 0.977 bits per heavy atom. The summed E-state index contributed by atoms with van der Waals surface area (Å²) < 4.78 is 0. The Bertz CT molecular complexity index is 1280. The zero-order valence-electron chi connectivity index (χ0n) is 32.9. The molecule has 43 heavy (non-hydrogen) atoms. The summed E-state index contributed by atoms with van der Waals surface area (Å²) in [5.74, 6) is 0. The van der Waals surface area contributed by atoms with E-state index in [2.05, 4.69) is 164 Å². The molecule has 0 nitrogen and oxygen atoms in total. The molecule has 0 spiro atoms. The van der Waals surface area contributed by atoms with Crippen LogP contribution in [0.15, 0.2) is 18.2 Å². The first-order valence-corrected chi connectivity index (χ1v) is 17.2. The van der Waals surface area contributed by atoms with Gasteiger partial charge in [-0.1, -0.05) is 164 Å². The van der Waals surface area contributed by atoms with Gasteiger partial charge in [-0.2, -0.15) is 0 Å². The minimum absolute atomic E-state index is 0.0606. The van der Waals surface area contributed by atoms with Crippen molar-refractivity contribution < 1.29 is 0 Å². The SMILES string of the molecule is CC(C)(C)c1cc(C(C)(C)C)c(C(C)(C)C)cc1CCCc1cc(C(C)(C)C)c(C(C)(C)C)c(C(C)(C)C)c1C(C)(C)C. The van der Waals surface area contributed by atoms with Gasteiger partial charge in [0.1, 0.15) is 0 Å². The Labute approximate surface area is 270 Å². The Morgan fingerprint density at radius 1 is 0.302 bits per heavy atom. The molecule has 244 valence electrons. The summed E-state index contributed by atoms with van der Waals surface area (Å²) in [6, 6.07) is 7.80. The minimum Gasteiger partial charge on any atom is -0.0561 e. The molecular formula is C43H72. The van der Waals surface area contributed by atoms with Crippen molar-refractivity contribution in [2.24, 2.45) is 0 Å². The number of hydrogen-bond acceptors (Lipinski definition) is 0. The maximum Gasteiger partial charge on any atom is -0.0126 e. The van der Waals surface area contributed by atoms with Gasteiger partial charge in [0.15, 0.2) is 0 Å². The van der Waals surface area contributed by atoms with Gasteiger partial charge in [-0.15, -0.1) is 0 Å². The monoisotopic (exact) mass is 589 g/mol. The minimum atomic E-state index is 0.0606. The van der Waals surface area contributed by atoms with Gasteiger partial charge in [-0.25, -0.2) is 0 Å². The van der Waals surface area contributed by atoms with Gasteiger partial charge in [0.2, 0.25) is 0 Å². The lowest BCUT2D eigenvalue weighted by atomic mass is 9.63. The third-order valence-electron chi connectivity index (χ3n) is 9.03. The van der Waals surface area contributed by atoms with E-state index in [4.69, 9.17) is 0 Å². The Balaban J connectivity index is 2.84. The van der Waals surface area contributed by atoms with Gasteiger partial charge in [0.25, 0.3) is 0 Å². The van der Waals surface area contributed by atoms with E-state index in [0.29, 0.717) is 0 Å². The van der Waals surface area contributed by atoms with Crippen molar-refractivity contribution in [3.05, 3.63) is 68.3 Å². The maximum absolute atomic E-state index is 2.63. The molecule has 0 aromatic heterocycles. The lowest BCUT2D eigenvalue weighted by Crippen LogP contribution is -2.33. The summed E-state index contributed by atoms with van der Waals surface area (Å²) in [6.07, 6.45) is 3.38. The molecule has 2 aromatic rings. The predicted octanol–water partition coefficient (Wildman–Crippen LogP) is 12.9. The van der Waals surface area contributed by atoms with E-state index in [0.717, 1.165) is 19.3 Å². The van der Waals surface area contributed by atoms with Gasteiger partial charge in [0, 0.05) is 0 Å². The summed E-state index contributed by atoms with van der Waals surface area (Å²) in [5.41, 5.74) is 14.6. The van der Waals surface area contributed by atoms with Crippen LogP contribution in [-0.2, 0) is 50.7 Å². The van der Waals surface area contributed by atoms with Crippen molar-refractivity contribution in [1.29, 1.82) is 0 Å². The first-order chi connectivity index (χ1) is 18.8. The van der Waals surface area contributed by atoms with E-state index in [1.165, 1.54) is 22.3 Å². The first kappa shape index (κ1) is 37.6. The van der Waals surface area contributed by atoms with Crippen molar-refractivity contribution in [2.45, 2.75) is 203 Å². The molecular weight excluding hydrogens is 516 g/mol. The molecule has 0 aliphatic rings. The fraction of sp³-hybridized carbons (Fsp3) is 0.721. The fourth-order valence-electron chi connectivity index (χ4n) is 7.17. The molecule has 0 fully saturated rings. The molecule has 0 N–H and O–H groups in total. The molecule has 0 saturated carbocycles. The van der Waals surface area contributed by atoms with E-state index >= 15 is 0 Å². The summed E-state index contributed by atoms with van der Waals surface area (Å²) in [6.45, 7) is 50.5. The maximum atomic E-state index is 2.63. The van der Waals surface area contributed by atoms with E-state index in [1.807, 2.05) is 0 Å². The normalized spacial score (nSPS) is 14.4. The van der Waals surface area contributed by atoms with Crippen LogP contribution in [0, 0.1) is 0 Å². The zero-order chi connectivity index (χ0) is 33.9. The van der Waals surface area contributed by atoms with Gasteiger partial charge in [0.05, 0.1) is 0 Å². The molecule has 0 heteroatoms. The Kier molecular flexibility index (Phi) is 10.2. The molecule has 0 aliphatic heterocycles. The smallest absolute Gasteiger partial charge is 0.0126 e. The molecule has 0 heterocycles. The van der Waals surface area contributed by atoms with Gasteiger partial charge in [-0.05, 0) is 107 Å². The third kappa shape index (κ3) is 8.79. The van der Waals surface area contributed by atoms with Crippen molar-refractivity contribution in [3.63, 3.8) is 0 Å². The van der Waals surface area contributed by atoms with Gasteiger partial charge in [-0.3, -0.25) is 0 Å². The standard InChI is InChI=1S/C43H72/c1-37(2,3)30-27-32(39(7,8)9)31(38(4,5)6)25-28(30)23-22-24-29-26-33(40(10,11)12)35(42(16,17)18)36(43(19,20)21)34(29)41(13,14)15/h25-27H,22-24H2,1-21H3. The van der Waals surface area contributed by atoms with Crippen LogP contribution in [0.5, 0.6) is 0 Å². The molecule has 0 aliphatic carbocycles. The lowest BCUT2D eigenvalue weighted by Gasteiger charge is -2.42. The average molecular weight is 589 g/mol. The van der Waals surface area contributed by atoms with E-state index < -0.39 is 0 Å². The number of benzene rings is 2. The highest BCUT2D eigenvalue weighted by Gasteiger charge is 2.38. The van der Waals surface area contributed by atoms with Crippen LogP contribution < -0.4 is 0 Å². The number of hydrogen-bond donors (Lipinski definition) is 0. The molecule has 0 radical (unpaired) electrons. The number of aryl methyl sites for hydroxylation is 2. The topological polar surface area (TPSA) is 0 Å². The summed E-state index contributed by atoms with van der Waals surface area (Å²) >= 11 is 0. The van der Waals surface area contributed by atoms with E-state index in [9.17, 15) is 0 Å². The largest absolute Gasteiger partial charge is 0.0561 e. The van der Waals surface area contributed by atoms with Gasteiger partial charge < -0.3 is 0 Å². The van der Waals surface area contributed by atoms with Crippen LogP contribution in [0.1, 0.15) is 202 Å². The third-order valence-corrected chi connectivity index (χ3v) is 9.03. The highest BCUT2D eigenvalue weighted by molar-refractivity contribution is 5.57. The predicted molar refractivity (Wildman–Crippen MR) is 196 cm³/mol. The first-order valence-electron chi connectivity index (χ1n) is 17.2. The van der Waals surface area contributed by atoms with Crippen LogP contribution >= 0.6 is 0 Å². The average Bonchev–Trinajstić information content (AvgIpc) is 2.73. The van der Waals surface area contributed by atoms with Crippen molar-refractivity contribution in [3.8, 4) is 0 Å². The second-order valence-electron chi connectivity index (χ2n) is 20.9. The van der Waals surface area contributed by atoms with Gasteiger partial charge >= 0.3 is 0 Å². The quantitative estimate of drug-likeness (QED) is 0.333. The molecule has 2 rings (SSSR count). The molecule has 0 atom stereocenters. The van der Waals surface area contributed by atoms with E-state index in [1.54, 1.807) is 27.8 Å². The van der Waals surface area contributed by atoms with E-state index in [-0.39, 0.29) is 37.9 Å². The molecule has 0 amide bonds. The highest BCUT2D eigenvalue weighted by atomic mass is 14.4. The zero-order valence-corrected chi connectivity index (χ0v) is 32.9. The lowest BCUT2D eigenvalue weighted by molar-refractivity contribution is 0.473. The van der Waals surface area contributed by atoms with Crippen molar-refractivity contribution in [1.82, 2.24) is 0 Å². The summed E-state index contributed by atoms with van der Waals surface area (Å²) in [7, 11) is 0. The van der Waals surface area contributed by atoms with Crippen LogP contribution in [0.4, 0.5) is 0 Å². The summed E-state index contributed by atoms with van der Waals surface area (Å²) in [4.78, 5) is 0. The molecule has 0 bridgehead atoms. The van der Waals surface area contributed by atoms with Crippen LogP contribution in [0.2, 0.25) is 0 Å². The van der Waals surface area contributed by atoms with Crippen LogP contribution in [0.3, 0.4) is 0 Å². The highest BCUT2D eigenvalue weighted by Crippen LogP contribution is 2.47. The summed E-state index contributed by atoms with van der Waals surface area (Å²) in [5, 5.41) is 0. The fourth-order valence-corrected chi connectivity index (χ4v) is 7.17.